The van der Waals surface area contributed by atoms with Crippen LogP contribution < -0.4 is 5.69 Å². The van der Waals surface area contributed by atoms with Crippen LogP contribution in [0, 0.1) is 0 Å². The number of ether oxygens (including phenoxy) is 1. The molecule has 0 N–H and O–H groups in total. The normalized spacial score (nSPS) is 18.8. The van der Waals surface area contributed by atoms with E-state index in [2.05, 4.69) is 22.0 Å². The van der Waals surface area contributed by atoms with Crippen LogP contribution in [0.5, 0.6) is 0 Å². The number of imidazole rings is 1. The van der Waals surface area contributed by atoms with Crippen molar-refractivity contribution in [1.29, 1.82) is 0 Å². The highest BCUT2D eigenvalue weighted by Crippen LogP contribution is 2.37. The molecule has 5 aromatic heterocycles. The van der Waals surface area contributed by atoms with Gasteiger partial charge in [0.25, 0.3) is 0 Å². The van der Waals surface area contributed by atoms with Gasteiger partial charge in [0.05, 0.1) is 24.3 Å². The Kier molecular flexibility index (Phi) is 4.84. The Morgan fingerprint density at radius 3 is 2.76 bits per heavy atom. The molecule has 1 aliphatic heterocycles. The molecule has 174 valence electrons. The highest BCUT2D eigenvalue weighted by Gasteiger charge is 2.29. The van der Waals surface area contributed by atoms with E-state index in [1.54, 1.807) is 21.8 Å². The highest BCUT2D eigenvalue weighted by atomic mass is 16.5. The number of aromatic nitrogens is 7. The Balaban J connectivity index is 1.65. The molecule has 1 saturated heterocycles. The average molecular weight is 460 g/mol. The van der Waals surface area contributed by atoms with Crippen LogP contribution in [0.15, 0.2) is 46.3 Å². The Labute approximate surface area is 194 Å². The summed E-state index contributed by atoms with van der Waals surface area (Å²) in [5.74, 6) is 0. The second-order valence-corrected chi connectivity index (χ2v) is 8.84. The average Bonchev–Trinajstić information content (AvgIpc) is 3.57. The van der Waals surface area contributed by atoms with Crippen LogP contribution in [0.2, 0.25) is 0 Å². The maximum atomic E-state index is 13.5. The van der Waals surface area contributed by atoms with Crippen molar-refractivity contribution in [1.82, 2.24) is 33.9 Å². The summed E-state index contributed by atoms with van der Waals surface area (Å²) in [5.41, 5.74) is 4.77. The van der Waals surface area contributed by atoms with Gasteiger partial charge in [0.15, 0.2) is 11.2 Å². The molecule has 5 aromatic rings. The smallest absolute Gasteiger partial charge is 0.349 e. The van der Waals surface area contributed by atoms with Crippen LogP contribution in [0.3, 0.4) is 0 Å². The Morgan fingerprint density at radius 2 is 2.03 bits per heavy atom. The Hall–Kier alpha value is -3.79. The van der Waals surface area contributed by atoms with Crippen molar-refractivity contribution in [2.75, 3.05) is 6.61 Å². The molecule has 1 fully saturated rings. The summed E-state index contributed by atoms with van der Waals surface area (Å²) in [6.07, 6.45) is 9.63. The number of hydrogen-bond acceptors (Lipinski definition) is 7. The fourth-order valence-electron chi connectivity index (χ4n) is 4.79. The first kappa shape index (κ1) is 20.8. The van der Waals surface area contributed by atoms with E-state index in [1.165, 1.54) is 0 Å². The number of nitrogens with zero attached hydrogens (tertiary/aromatic N) is 7. The van der Waals surface area contributed by atoms with Gasteiger partial charge in [-0.25, -0.2) is 14.8 Å². The number of fused-ring (bicyclic) bond motifs is 3. The number of rotatable bonds is 4. The van der Waals surface area contributed by atoms with Crippen LogP contribution in [0.25, 0.3) is 44.8 Å². The zero-order chi connectivity index (χ0) is 23.4. The fraction of sp³-hybridized carbons (Fsp3) is 0.375. The summed E-state index contributed by atoms with van der Waals surface area (Å²) in [4.78, 5) is 27.3. The van der Waals surface area contributed by atoms with Gasteiger partial charge in [-0.05, 0) is 31.4 Å². The lowest BCUT2D eigenvalue weighted by molar-refractivity contribution is -0.00710. The molecule has 0 bridgehead atoms. The first-order valence-corrected chi connectivity index (χ1v) is 11.5. The van der Waals surface area contributed by atoms with Crippen LogP contribution in [-0.2, 0) is 18.8 Å². The molecule has 2 atom stereocenters. The minimum atomic E-state index is -0.319. The Morgan fingerprint density at radius 1 is 1.15 bits per heavy atom. The van der Waals surface area contributed by atoms with Crippen LogP contribution in [0.4, 0.5) is 0 Å². The van der Waals surface area contributed by atoms with Crippen molar-refractivity contribution < 1.29 is 9.15 Å². The van der Waals surface area contributed by atoms with Gasteiger partial charge in [0, 0.05) is 44.7 Å². The lowest BCUT2D eigenvalue weighted by Gasteiger charge is -2.30. The topological polar surface area (TPSA) is 106 Å². The second-order valence-electron chi connectivity index (χ2n) is 8.84. The molecule has 0 aromatic carbocycles. The summed E-state index contributed by atoms with van der Waals surface area (Å²) in [5, 5.41) is 4.26. The van der Waals surface area contributed by atoms with Crippen molar-refractivity contribution >= 4 is 22.2 Å². The minimum absolute atomic E-state index is 0.0507. The van der Waals surface area contributed by atoms with Gasteiger partial charge in [-0.1, -0.05) is 6.92 Å². The molecular formula is C24H25N7O3. The van der Waals surface area contributed by atoms with Crippen LogP contribution >= 0.6 is 0 Å². The molecule has 34 heavy (non-hydrogen) atoms. The third-order valence-corrected chi connectivity index (χ3v) is 6.48. The SMILES string of the molecule is CC[C@H]1C[C@@H](n2c(=O)nc(-c3cnn(C)c3)c3oc4ccc(-c5cn(C)cn5)nc4c32)CCO1. The van der Waals surface area contributed by atoms with E-state index in [4.69, 9.17) is 14.1 Å². The highest BCUT2D eigenvalue weighted by molar-refractivity contribution is 6.05. The lowest BCUT2D eigenvalue weighted by atomic mass is 10.0. The van der Waals surface area contributed by atoms with E-state index in [9.17, 15) is 4.79 Å². The molecule has 0 radical (unpaired) electrons. The predicted octanol–water partition coefficient (Wildman–Crippen LogP) is 3.47. The van der Waals surface area contributed by atoms with Gasteiger partial charge >= 0.3 is 5.69 Å². The summed E-state index contributed by atoms with van der Waals surface area (Å²) in [6.45, 7) is 2.70. The zero-order valence-electron chi connectivity index (χ0n) is 19.3. The van der Waals surface area contributed by atoms with Gasteiger partial charge < -0.3 is 13.7 Å². The largest absolute Gasteiger partial charge is 0.450 e. The van der Waals surface area contributed by atoms with Crippen LogP contribution in [0.1, 0.15) is 32.2 Å². The molecule has 0 saturated carbocycles. The predicted molar refractivity (Wildman–Crippen MR) is 126 cm³/mol. The fourth-order valence-corrected chi connectivity index (χ4v) is 4.79. The van der Waals surface area contributed by atoms with E-state index < -0.39 is 0 Å². The molecule has 0 unspecified atom stereocenters. The van der Waals surface area contributed by atoms with Crippen molar-refractivity contribution in [2.24, 2.45) is 14.1 Å². The van der Waals surface area contributed by atoms with Gasteiger partial charge in [-0.3, -0.25) is 9.25 Å². The van der Waals surface area contributed by atoms with Crippen LogP contribution in [-0.4, -0.2) is 46.6 Å². The first-order valence-electron chi connectivity index (χ1n) is 11.5. The minimum Gasteiger partial charge on any atom is -0.450 e. The molecular weight excluding hydrogens is 434 g/mol. The van der Waals surface area contributed by atoms with E-state index in [0.29, 0.717) is 40.2 Å². The molecule has 10 nitrogen and oxygen atoms in total. The number of aryl methyl sites for hydroxylation is 2. The molecule has 6 rings (SSSR count). The summed E-state index contributed by atoms with van der Waals surface area (Å²) in [6, 6.07) is 3.71. The van der Waals surface area contributed by atoms with Gasteiger partial charge in [0.1, 0.15) is 22.4 Å². The monoisotopic (exact) mass is 459 g/mol. The molecule has 0 aliphatic carbocycles. The quantitative estimate of drug-likeness (QED) is 0.405. The third kappa shape index (κ3) is 3.33. The summed E-state index contributed by atoms with van der Waals surface area (Å²) >= 11 is 0. The van der Waals surface area contributed by atoms with Gasteiger partial charge in [-0.15, -0.1) is 0 Å². The Bertz CT molecular complexity index is 1570. The summed E-state index contributed by atoms with van der Waals surface area (Å²) < 4.78 is 17.5. The first-order chi connectivity index (χ1) is 16.5. The van der Waals surface area contributed by atoms with Crippen molar-refractivity contribution in [3.8, 4) is 22.6 Å². The molecule has 0 spiro atoms. The van der Waals surface area contributed by atoms with Crippen molar-refractivity contribution in [3.63, 3.8) is 0 Å². The maximum absolute atomic E-state index is 13.5. The van der Waals surface area contributed by atoms with E-state index >= 15 is 0 Å². The zero-order valence-corrected chi connectivity index (χ0v) is 19.3. The van der Waals surface area contributed by atoms with E-state index in [0.717, 1.165) is 30.5 Å². The number of pyridine rings is 1. The molecule has 6 heterocycles. The molecule has 1 aliphatic rings. The number of furan rings is 1. The van der Waals surface area contributed by atoms with Crippen molar-refractivity contribution in [2.45, 2.75) is 38.3 Å². The molecule has 0 amide bonds. The van der Waals surface area contributed by atoms with E-state index in [-0.39, 0.29) is 17.8 Å². The third-order valence-electron chi connectivity index (χ3n) is 6.48. The summed E-state index contributed by atoms with van der Waals surface area (Å²) in [7, 11) is 3.75. The number of hydrogen-bond donors (Lipinski definition) is 0. The standard InChI is InChI=1S/C24H25N7O3/c1-4-16-9-15(7-8-33-16)31-22-21-19(6-5-17(27-21)18-12-29(2)13-25-18)34-23(22)20(28-24(31)32)14-10-26-30(3)11-14/h5-6,10-13,15-16H,4,7-9H2,1-3H3/t15-,16-/m0/s1. The van der Waals surface area contributed by atoms with E-state index in [1.807, 2.05) is 43.2 Å². The maximum Gasteiger partial charge on any atom is 0.349 e. The van der Waals surface area contributed by atoms with Gasteiger partial charge in [0.2, 0.25) is 0 Å². The van der Waals surface area contributed by atoms with Gasteiger partial charge in [-0.2, -0.15) is 10.1 Å². The van der Waals surface area contributed by atoms with Crippen molar-refractivity contribution in [3.05, 3.63) is 47.5 Å². The molecule has 10 heteroatoms. The lowest BCUT2D eigenvalue weighted by Crippen LogP contribution is -2.34. The second kappa shape index (κ2) is 7.91.